The Morgan fingerprint density at radius 1 is 0.344 bits per heavy atom. The summed E-state index contributed by atoms with van der Waals surface area (Å²) in [5.74, 6) is 1.15. The van der Waals surface area contributed by atoms with Gasteiger partial charge in [0, 0.05) is 90.3 Å². The molecule has 0 radical (unpaired) electrons. The largest absolute Gasteiger partial charge is 0.464 e. The minimum atomic E-state index is 0.564. The van der Waals surface area contributed by atoms with E-state index in [4.69, 9.17) is 8.83 Å². The lowest BCUT2D eigenvalue weighted by molar-refractivity contribution is 0.611. The molecular formula is C91H101N3O2. The Morgan fingerprint density at radius 3 is 1.52 bits per heavy atom. The number of hydrogen-bond donors (Lipinski definition) is 0. The normalized spacial score (nSPS) is 12.5. The predicted octanol–water partition coefficient (Wildman–Crippen LogP) is 25.8. The van der Waals surface area contributed by atoms with Crippen LogP contribution in [-0.4, -0.2) is 13.7 Å². The van der Waals surface area contributed by atoms with Crippen molar-refractivity contribution in [1.29, 1.82) is 0 Å². The molecule has 2 aliphatic carbocycles. The van der Waals surface area contributed by atoms with Gasteiger partial charge in [0.2, 0.25) is 0 Å². The first-order chi connectivity index (χ1) is 46.6. The molecule has 492 valence electrons. The van der Waals surface area contributed by atoms with Crippen LogP contribution in [0.3, 0.4) is 0 Å². The van der Waals surface area contributed by atoms with Crippen molar-refractivity contribution in [2.75, 3.05) is 0 Å². The van der Waals surface area contributed by atoms with Crippen LogP contribution in [0.15, 0.2) is 222 Å². The molecule has 96 heavy (non-hydrogen) atoms. The Labute approximate surface area is 571 Å². The van der Waals surface area contributed by atoms with Gasteiger partial charge in [-0.15, -0.1) is 0 Å². The first-order valence-corrected chi connectivity index (χ1v) is 35.6. The maximum absolute atomic E-state index is 5.44. The van der Waals surface area contributed by atoms with Crippen LogP contribution in [0.1, 0.15) is 158 Å². The zero-order chi connectivity index (χ0) is 67.6. The fraction of sp³-hybridized carbons (Fsp3) is 0.297. The molecule has 0 saturated carbocycles. The van der Waals surface area contributed by atoms with Gasteiger partial charge in [-0.05, 0) is 248 Å². The fourth-order valence-corrected chi connectivity index (χ4v) is 14.9. The van der Waals surface area contributed by atoms with Crippen molar-refractivity contribution >= 4 is 87.4 Å². The Kier molecular flexibility index (Phi) is 22.0. The Morgan fingerprint density at radius 2 is 0.854 bits per heavy atom. The van der Waals surface area contributed by atoms with E-state index in [0.29, 0.717) is 11.8 Å². The molecule has 0 aliphatic heterocycles. The summed E-state index contributed by atoms with van der Waals surface area (Å²) in [5, 5.41) is 10.6. The molecule has 5 aromatic heterocycles. The molecule has 0 unspecified atom stereocenters. The summed E-state index contributed by atoms with van der Waals surface area (Å²) in [6, 6.07) is 72.2. The van der Waals surface area contributed by atoms with Crippen LogP contribution in [-0.2, 0) is 45.3 Å². The number of benzene rings is 10. The van der Waals surface area contributed by atoms with Gasteiger partial charge in [0.1, 0.15) is 11.2 Å². The van der Waals surface area contributed by atoms with Gasteiger partial charge in [-0.3, -0.25) is 0 Å². The number of furan rings is 2. The lowest BCUT2D eigenvalue weighted by atomic mass is 9.89. The van der Waals surface area contributed by atoms with E-state index in [1.165, 1.54) is 178 Å². The minimum Gasteiger partial charge on any atom is -0.464 e. The molecule has 5 nitrogen and oxygen atoms in total. The number of para-hydroxylation sites is 4. The van der Waals surface area contributed by atoms with Crippen LogP contribution in [0.25, 0.3) is 87.4 Å². The number of fused-ring (bicyclic) bond motifs is 13. The van der Waals surface area contributed by atoms with E-state index in [-0.39, 0.29) is 0 Å². The third-order valence-electron chi connectivity index (χ3n) is 19.9. The summed E-state index contributed by atoms with van der Waals surface area (Å²) < 4.78 is 18.0. The first kappa shape index (κ1) is 68.1. The number of hydrogen-bond acceptors (Lipinski definition) is 2. The van der Waals surface area contributed by atoms with E-state index < -0.39 is 0 Å². The molecule has 10 aromatic carbocycles. The highest BCUT2D eigenvalue weighted by Crippen LogP contribution is 2.34. The molecule has 2 aliphatic rings. The number of nitrogens with zero attached hydrogens (tertiary/aromatic N) is 3. The molecule has 0 spiro atoms. The molecule has 15 aromatic rings. The van der Waals surface area contributed by atoms with Crippen molar-refractivity contribution in [2.45, 2.75) is 180 Å². The fourth-order valence-electron chi connectivity index (χ4n) is 14.9. The molecule has 0 amide bonds. The van der Waals surface area contributed by atoms with Crippen LogP contribution >= 0.6 is 0 Å². The Hall–Kier alpha value is -9.32. The van der Waals surface area contributed by atoms with Gasteiger partial charge in [-0.2, -0.15) is 0 Å². The van der Waals surface area contributed by atoms with Gasteiger partial charge < -0.3 is 22.5 Å². The van der Waals surface area contributed by atoms with Gasteiger partial charge in [0.15, 0.2) is 0 Å². The smallest absolute Gasteiger partial charge is 0.137 e. The van der Waals surface area contributed by atoms with Crippen molar-refractivity contribution in [3.05, 3.63) is 285 Å². The molecule has 0 N–H and O–H groups in total. The van der Waals surface area contributed by atoms with Crippen molar-refractivity contribution in [1.82, 2.24) is 13.7 Å². The third-order valence-corrected chi connectivity index (χ3v) is 19.9. The highest BCUT2D eigenvalue weighted by molar-refractivity contribution is 6.10. The zero-order valence-electron chi connectivity index (χ0n) is 59.8. The number of aryl methyl sites for hydroxylation is 13. The first-order valence-electron chi connectivity index (χ1n) is 35.6. The highest BCUT2D eigenvalue weighted by atomic mass is 16.3. The summed E-state index contributed by atoms with van der Waals surface area (Å²) >= 11 is 0. The van der Waals surface area contributed by atoms with Crippen LogP contribution < -0.4 is 0 Å². The van der Waals surface area contributed by atoms with E-state index >= 15 is 0 Å². The Balaban J connectivity index is 0.000000114. The van der Waals surface area contributed by atoms with E-state index in [2.05, 4.69) is 299 Å². The van der Waals surface area contributed by atoms with Crippen LogP contribution in [0.5, 0.6) is 0 Å². The van der Waals surface area contributed by atoms with Crippen LogP contribution in [0.4, 0.5) is 0 Å². The average molecular weight is 1270 g/mol. The molecule has 0 bridgehead atoms. The predicted molar refractivity (Wildman–Crippen MR) is 415 cm³/mol. The van der Waals surface area contributed by atoms with Gasteiger partial charge in [0.05, 0.1) is 18.0 Å². The lowest BCUT2D eigenvalue weighted by Gasteiger charge is -2.17. The van der Waals surface area contributed by atoms with Gasteiger partial charge in [-0.1, -0.05) is 184 Å². The quantitative estimate of drug-likeness (QED) is 0.172. The molecule has 5 heteroatoms. The average Bonchev–Trinajstić information content (AvgIpc) is 1.64. The maximum Gasteiger partial charge on any atom is 0.137 e. The lowest BCUT2D eigenvalue weighted by Crippen LogP contribution is -2.03. The standard InChI is InChI=1S/3C15H15N.2C12H14O.2C11H14/c1-3-16-14-10-5-4-8-12(14)13-9-6-7-11(2)15(13)16;1-3-16-14-7-5-4-6-12(14)13-10-11(2)8-9-15(13)16;1-3-16-14-7-5-4-6-12(14)13-9-8-11(2)10-15(13)16;1-8(2)11-6-9(3)12-10(7-11)4-5-13-12;1-8(2)11-5-4-10-6-7-13-12(10)9(11)3;1-9-5-4-7-10-6-2-3-8-11(9)10;1-9-6-7-10-4-2-3-5-11(10)8-9/h3*4-10H,3H2,1-2H3;2*4-8H,1-3H3;4-5,7H,2-3,6,8H2,1H3;6-8H,2-5H2,1H3. The Bertz CT molecular complexity index is 5100. The second-order valence-electron chi connectivity index (χ2n) is 27.3. The van der Waals surface area contributed by atoms with E-state index in [0.717, 1.165) is 30.8 Å². The molecule has 0 saturated heterocycles. The molecule has 0 atom stereocenters. The summed E-state index contributed by atoms with van der Waals surface area (Å²) in [5.41, 5.74) is 28.7. The maximum atomic E-state index is 5.44. The second kappa shape index (κ2) is 31.0. The summed E-state index contributed by atoms with van der Waals surface area (Å²) in [6.07, 6.45) is 14.3. The second-order valence-corrected chi connectivity index (χ2v) is 27.3. The van der Waals surface area contributed by atoms with Gasteiger partial charge in [-0.25, -0.2) is 0 Å². The summed E-state index contributed by atoms with van der Waals surface area (Å²) in [4.78, 5) is 0. The minimum absolute atomic E-state index is 0.564. The van der Waals surface area contributed by atoms with E-state index in [9.17, 15) is 0 Å². The summed E-state index contributed by atoms with van der Waals surface area (Å²) in [6.45, 7) is 33.6. The van der Waals surface area contributed by atoms with Crippen molar-refractivity contribution in [2.24, 2.45) is 0 Å². The monoisotopic (exact) mass is 1270 g/mol. The van der Waals surface area contributed by atoms with E-state index in [1.807, 2.05) is 12.1 Å². The topological polar surface area (TPSA) is 41.1 Å². The number of rotatable bonds is 5. The SMILES string of the molecule is CCn1c2ccccc2c2cc(C)ccc21.CCn1c2ccccc2c2ccc(C)cc21.CCn1c2ccccc2c2cccc(C)c21.Cc1c(C(C)C)ccc2ccoc12.Cc1cc(C(C)C)cc2ccoc12.Cc1ccc2c(c1)CCCC2.Cc1cccc2c1CCCC2. The van der Waals surface area contributed by atoms with Crippen molar-refractivity contribution < 1.29 is 8.83 Å². The zero-order valence-corrected chi connectivity index (χ0v) is 59.8. The molecule has 0 fully saturated rings. The van der Waals surface area contributed by atoms with Crippen molar-refractivity contribution in [3.8, 4) is 0 Å². The highest BCUT2D eigenvalue weighted by Gasteiger charge is 2.15. The van der Waals surface area contributed by atoms with Gasteiger partial charge in [0.25, 0.3) is 0 Å². The third kappa shape index (κ3) is 14.9. The van der Waals surface area contributed by atoms with E-state index in [1.54, 1.807) is 34.8 Å². The molecule has 5 heterocycles. The number of aromatic nitrogens is 3. The molecule has 17 rings (SSSR count). The van der Waals surface area contributed by atoms with Crippen LogP contribution in [0, 0.1) is 48.5 Å². The molecular weight excluding hydrogens is 1170 g/mol. The summed E-state index contributed by atoms with van der Waals surface area (Å²) in [7, 11) is 0. The van der Waals surface area contributed by atoms with Gasteiger partial charge >= 0.3 is 0 Å². The van der Waals surface area contributed by atoms with Crippen molar-refractivity contribution in [3.63, 3.8) is 0 Å². The van der Waals surface area contributed by atoms with Crippen LogP contribution in [0.2, 0.25) is 0 Å².